The molecule has 0 rings (SSSR count). The van der Waals surface area contributed by atoms with Crippen LogP contribution >= 0.6 is 0 Å². The Bertz CT molecular complexity index is 1060. The van der Waals surface area contributed by atoms with E-state index in [2.05, 4.69) is 57.2 Å². The lowest BCUT2D eigenvalue weighted by molar-refractivity contribution is -0.167. The summed E-state index contributed by atoms with van der Waals surface area (Å²) in [6, 6.07) is 0. The Morgan fingerprint density at radius 1 is 0.333 bits per heavy atom. The molecule has 0 saturated heterocycles. The standard InChI is InChI=1S/C57H104O6/c1-4-7-10-13-16-19-22-24-26-27-28-29-31-33-36-39-42-45-48-51-57(60)63-54(52-61-55(58)49-46-43-40-37-34-21-18-15-12-9-6-3)53-62-56(59)50-47-44-41-38-35-32-30-25-23-20-17-14-11-8-5-2/h8,11,17,20,25,30,54H,4-7,9-10,12-16,18-19,21-24,26-29,31-53H2,1-3H3/b11-8-,20-17-,30-25-/t54-/m0/s1. The molecule has 63 heavy (non-hydrogen) atoms. The number of rotatable bonds is 50. The second-order valence-corrected chi connectivity index (χ2v) is 18.5. The minimum absolute atomic E-state index is 0.0733. The molecule has 0 fully saturated rings. The van der Waals surface area contributed by atoms with Crippen molar-refractivity contribution in [3.05, 3.63) is 36.5 Å². The van der Waals surface area contributed by atoms with Gasteiger partial charge in [0.15, 0.2) is 6.10 Å². The van der Waals surface area contributed by atoms with Crippen LogP contribution in [0.25, 0.3) is 0 Å². The smallest absolute Gasteiger partial charge is 0.306 e. The van der Waals surface area contributed by atoms with Gasteiger partial charge in [-0.1, -0.05) is 256 Å². The number of allylic oxidation sites excluding steroid dienone is 6. The summed E-state index contributed by atoms with van der Waals surface area (Å²) in [7, 11) is 0. The van der Waals surface area contributed by atoms with Gasteiger partial charge in [-0.3, -0.25) is 14.4 Å². The third kappa shape index (κ3) is 50.5. The highest BCUT2D eigenvalue weighted by molar-refractivity contribution is 5.71. The van der Waals surface area contributed by atoms with Crippen molar-refractivity contribution in [2.45, 2.75) is 297 Å². The zero-order valence-corrected chi connectivity index (χ0v) is 42.1. The highest BCUT2D eigenvalue weighted by atomic mass is 16.6. The number of ether oxygens (including phenoxy) is 3. The summed E-state index contributed by atoms with van der Waals surface area (Å²) in [5.41, 5.74) is 0. The predicted octanol–water partition coefficient (Wildman–Crippen LogP) is 18.1. The van der Waals surface area contributed by atoms with Gasteiger partial charge in [0, 0.05) is 19.3 Å². The summed E-state index contributed by atoms with van der Waals surface area (Å²) in [6.45, 7) is 6.54. The molecule has 368 valence electrons. The van der Waals surface area contributed by atoms with Crippen molar-refractivity contribution in [3.63, 3.8) is 0 Å². The fourth-order valence-electron chi connectivity index (χ4n) is 8.05. The molecule has 0 bridgehead atoms. The van der Waals surface area contributed by atoms with E-state index < -0.39 is 6.10 Å². The van der Waals surface area contributed by atoms with Crippen molar-refractivity contribution in [1.29, 1.82) is 0 Å². The van der Waals surface area contributed by atoms with Crippen LogP contribution in [0.5, 0.6) is 0 Å². The van der Waals surface area contributed by atoms with Crippen LogP contribution in [-0.4, -0.2) is 37.2 Å². The minimum atomic E-state index is -0.774. The molecule has 0 aromatic carbocycles. The maximum atomic E-state index is 12.8. The molecule has 0 amide bonds. The molecule has 0 spiro atoms. The third-order valence-corrected chi connectivity index (χ3v) is 12.2. The van der Waals surface area contributed by atoms with Crippen LogP contribution in [0.2, 0.25) is 0 Å². The Balaban J connectivity index is 4.31. The summed E-state index contributed by atoms with van der Waals surface area (Å²) in [5.74, 6) is -0.876. The van der Waals surface area contributed by atoms with Gasteiger partial charge in [-0.2, -0.15) is 0 Å². The number of unbranched alkanes of at least 4 members (excludes halogenated alkanes) is 33. The van der Waals surface area contributed by atoms with E-state index in [9.17, 15) is 14.4 Å². The van der Waals surface area contributed by atoms with Gasteiger partial charge in [0.05, 0.1) is 0 Å². The average Bonchev–Trinajstić information content (AvgIpc) is 3.28. The van der Waals surface area contributed by atoms with Gasteiger partial charge in [-0.25, -0.2) is 0 Å². The van der Waals surface area contributed by atoms with Crippen LogP contribution in [0.15, 0.2) is 36.5 Å². The molecule has 0 saturated carbocycles. The van der Waals surface area contributed by atoms with Gasteiger partial charge >= 0.3 is 17.9 Å². The predicted molar refractivity (Wildman–Crippen MR) is 270 cm³/mol. The average molecular weight is 885 g/mol. The monoisotopic (exact) mass is 885 g/mol. The van der Waals surface area contributed by atoms with Crippen molar-refractivity contribution in [1.82, 2.24) is 0 Å². The van der Waals surface area contributed by atoms with Crippen LogP contribution in [0.3, 0.4) is 0 Å². The van der Waals surface area contributed by atoms with E-state index in [-0.39, 0.29) is 31.1 Å². The van der Waals surface area contributed by atoms with Gasteiger partial charge in [0.25, 0.3) is 0 Å². The number of hydrogen-bond acceptors (Lipinski definition) is 6. The molecule has 0 aromatic rings. The van der Waals surface area contributed by atoms with Crippen molar-refractivity contribution >= 4 is 17.9 Å². The molecule has 0 aliphatic heterocycles. The van der Waals surface area contributed by atoms with E-state index in [4.69, 9.17) is 14.2 Å². The summed E-state index contributed by atoms with van der Waals surface area (Å²) in [4.78, 5) is 38.0. The molecule has 0 N–H and O–H groups in total. The van der Waals surface area contributed by atoms with E-state index in [1.54, 1.807) is 0 Å². The maximum Gasteiger partial charge on any atom is 0.306 e. The van der Waals surface area contributed by atoms with Crippen LogP contribution in [0, 0.1) is 0 Å². The minimum Gasteiger partial charge on any atom is -0.462 e. The second-order valence-electron chi connectivity index (χ2n) is 18.5. The van der Waals surface area contributed by atoms with Crippen LogP contribution < -0.4 is 0 Å². The Morgan fingerprint density at radius 2 is 0.619 bits per heavy atom. The third-order valence-electron chi connectivity index (χ3n) is 12.2. The summed E-state index contributed by atoms with van der Waals surface area (Å²) >= 11 is 0. The van der Waals surface area contributed by atoms with E-state index in [0.717, 1.165) is 96.3 Å². The van der Waals surface area contributed by atoms with Crippen molar-refractivity contribution < 1.29 is 28.6 Å². The first-order chi connectivity index (χ1) is 31.0. The lowest BCUT2D eigenvalue weighted by Crippen LogP contribution is -2.30. The van der Waals surface area contributed by atoms with Gasteiger partial charge in [-0.05, 0) is 51.4 Å². The van der Waals surface area contributed by atoms with Crippen molar-refractivity contribution in [2.24, 2.45) is 0 Å². The quantitative estimate of drug-likeness (QED) is 0.0262. The molecule has 0 heterocycles. The van der Waals surface area contributed by atoms with Crippen molar-refractivity contribution in [2.75, 3.05) is 13.2 Å². The highest BCUT2D eigenvalue weighted by Crippen LogP contribution is 2.17. The first-order valence-electron chi connectivity index (χ1n) is 27.5. The van der Waals surface area contributed by atoms with E-state index >= 15 is 0 Å². The molecule has 0 radical (unpaired) electrons. The zero-order chi connectivity index (χ0) is 45.8. The van der Waals surface area contributed by atoms with Crippen molar-refractivity contribution in [3.8, 4) is 0 Å². The van der Waals surface area contributed by atoms with E-state index in [1.807, 2.05) is 0 Å². The topological polar surface area (TPSA) is 78.9 Å². The van der Waals surface area contributed by atoms with Gasteiger partial charge in [0.2, 0.25) is 0 Å². The number of esters is 3. The largest absolute Gasteiger partial charge is 0.462 e. The Hall–Kier alpha value is -2.37. The molecule has 6 heteroatoms. The van der Waals surface area contributed by atoms with E-state index in [1.165, 1.54) is 154 Å². The summed E-state index contributed by atoms with van der Waals surface area (Å²) in [5, 5.41) is 0. The first-order valence-corrected chi connectivity index (χ1v) is 27.5. The number of hydrogen-bond donors (Lipinski definition) is 0. The maximum absolute atomic E-state index is 12.8. The number of carbonyl (C=O) groups excluding carboxylic acids is 3. The zero-order valence-electron chi connectivity index (χ0n) is 42.1. The lowest BCUT2D eigenvalue weighted by atomic mass is 10.0. The first kappa shape index (κ1) is 60.6. The molecule has 0 aliphatic rings. The van der Waals surface area contributed by atoms with Crippen LogP contribution in [0.4, 0.5) is 0 Å². The van der Waals surface area contributed by atoms with Gasteiger partial charge < -0.3 is 14.2 Å². The Morgan fingerprint density at radius 3 is 0.968 bits per heavy atom. The lowest BCUT2D eigenvalue weighted by Gasteiger charge is -2.18. The molecule has 0 aromatic heterocycles. The molecule has 0 aliphatic carbocycles. The Labute approximate surface area is 391 Å². The van der Waals surface area contributed by atoms with Gasteiger partial charge in [0.1, 0.15) is 13.2 Å². The molecule has 1 atom stereocenters. The van der Waals surface area contributed by atoms with Crippen LogP contribution in [-0.2, 0) is 28.6 Å². The normalized spacial score (nSPS) is 12.2. The van der Waals surface area contributed by atoms with Gasteiger partial charge in [-0.15, -0.1) is 0 Å². The SMILES string of the molecule is CC/C=C\C/C=C\C/C=C\CCCCCCCC(=O)OC[C@H](COC(=O)CCCCCCCCCCCCC)OC(=O)CCCCCCCCCCCCCCCCCCCCC. The molecule has 6 nitrogen and oxygen atoms in total. The number of carbonyl (C=O) groups is 3. The second kappa shape index (κ2) is 52.3. The summed E-state index contributed by atoms with van der Waals surface area (Å²) < 4.78 is 16.8. The molecule has 0 unspecified atom stereocenters. The summed E-state index contributed by atoms with van der Waals surface area (Å²) in [6.07, 6.45) is 61.3. The van der Waals surface area contributed by atoms with Crippen LogP contribution in [0.1, 0.15) is 290 Å². The fraction of sp³-hybridized carbons (Fsp3) is 0.842. The Kier molecular flexibility index (Phi) is 50.3. The molecular formula is C57H104O6. The van der Waals surface area contributed by atoms with E-state index in [0.29, 0.717) is 19.3 Å². The fourth-order valence-corrected chi connectivity index (χ4v) is 8.05. The highest BCUT2D eigenvalue weighted by Gasteiger charge is 2.19. The molecular weight excluding hydrogens is 781 g/mol.